The maximum atomic E-state index is 11.7. The Labute approximate surface area is 126 Å². The van der Waals surface area contributed by atoms with Crippen LogP contribution in [-0.2, 0) is 9.53 Å². The minimum absolute atomic E-state index is 0.0467. The Hall–Kier alpha value is -0.910. The number of rotatable bonds is 6. The molecule has 0 fully saturated rings. The summed E-state index contributed by atoms with van der Waals surface area (Å²) in [5.74, 6) is -0.436. The first-order valence-corrected chi connectivity index (χ1v) is 7.95. The fourth-order valence-corrected chi connectivity index (χ4v) is 2.39. The summed E-state index contributed by atoms with van der Waals surface area (Å²) in [6, 6.07) is 0. The van der Waals surface area contributed by atoms with Crippen molar-refractivity contribution in [3.8, 4) is 0 Å². The lowest BCUT2D eigenvalue weighted by Crippen LogP contribution is -2.33. The molecule has 5 nitrogen and oxygen atoms in total. The monoisotopic (exact) mass is 300 g/mol. The number of aliphatic hydroxyl groups is 3. The lowest BCUT2D eigenvalue weighted by molar-refractivity contribution is -0.156. The van der Waals surface area contributed by atoms with Crippen molar-refractivity contribution in [1.82, 2.24) is 0 Å². The van der Waals surface area contributed by atoms with Gasteiger partial charge < -0.3 is 20.1 Å². The summed E-state index contributed by atoms with van der Waals surface area (Å²) in [6.07, 6.45) is 5.39. The Morgan fingerprint density at radius 2 is 2.10 bits per heavy atom. The van der Waals surface area contributed by atoms with Gasteiger partial charge in [0.15, 0.2) is 0 Å². The molecule has 0 aromatic heterocycles. The second-order valence-corrected chi connectivity index (χ2v) is 5.71. The fourth-order valence-electron chi connectivity index (χ4n) is 2.39. The number of aliphatic hydroxyl groups excluding tert-OH is 3. The lowest BCUT2D eigenvalue weighted by Gasteiger charge is -2.24. The molecule has 1 heterocycles. The molecule has 1 aliphatic rings. The van der Waals surface area contributed by atoms with Crippen LogP contribution >= 0.6 is 0 Å². The number of cyclic esters (lactones) is 1. The third-order valence-corrected chi connectivity index (χ3v) is 3.81. The first kappa shape index (κ1) is 18.1. The average molecular weight is 300 g/mol. The molecule has 3 N–H and O–H groups in total. The first-order valence-electron chi connectivity index (χ1n) is 7.95. The lowest BCUT2D eigenvalue weighted by atomic mass is 10.0. The predicted molar refractivity (Wildman–Crippen MR) is 79.7 cm³/mol. The molecule has 0 spiro atoms. The average Bonchev–Trinajstić information content (AvgIpc) is 2.47. The molecule has 0 bridgehead atoms. The van der Waals surface area contributed by atoms with Crippen LogP contribution in [0, 0.1) is 0 Å². The highest BCUT2D eigenvalue weighted by atomic mass is 16.6. The summed E-state index contributed by atoms with van der Waals surface area (Å²) in [5.41, 5.74) is 0. The largest absolute Gasteiger partial charge is 0.459 e. The van der Waals surface area contributed by atoms with Gasteiger partial charge in [-0.2, -0.15) is 0 Å². The molecule has 0 aromatic carbocycles. The topological polar surface area (TPSA) is 87.0 Å². The van der Waals surface area contributed by atoms with E-state index in [1.165, 1.54) is 6.08 Å². The normalized spacial score (nSPS) is 30.5. The number of unbranched alkanes of at least 4 members (excludes halogenated alkanes) is 3. The third-order valence-electron chi connectivity index (χ3n) is 3.81. The van der Waals surface area contributed by atoms with Gasteiger partial charge in [0.1, 0.15) is 6.10 Å². The molecule has 21 heavy (non-hydrogen) atoms. The van der Waals surface area contributed by atoms with Gasteiger partial charge in [-0.25, -0.2) is 0 Å². The maximum Gasteiger partial charge on any atom is 0.306 e. The van der Waals surface area contributed by atoms with Gasteiger partial charge in [-0.3, -0.25) is 4.79 Å². The van der Waals surface area contributed by atoms with Crippen LogP contribution in [0.5, 0.6) is 0 Å². The van der Waals surface area contributed by atoms with Gasteiger partial charge >= 0.3 is 5.97 Å². The number of carbonyl (C=O) groups excluding carboxylic acids is 1. The predicted octanol–water partition coefficient (Wildman–Crippen LogP) is 1.69. The van der Waals surface area contributed by atoms with E-state index in [9.17, 15) is 20.1 Å². The van der Waals surface area contributed by atoms with E-state index < -0.39 is 30.4 Å². The zero-order chi connectivity index (χ0) is 15.7. The molecule has 4 atom stereocenters. The molecule has 122 valence electrons. The van der Waals surface area contributed by atoms with Crippen LogP contribution in [0.15, 0.2) is 12.2 Å². The third kappa shape index (κ3) is 7.07. The molecule has 1 aliphatic heterocycles. The van der Waals surface area contributed by atoms with Gasteiger partial charge in [0.25, 0.3) is 0 Å². The molecule has 0 saturated heterocycles. The first-order chi connectivity index (χ1) is 10.0. The highest BCUT2D eigenvalue weighted by molar-refractivity contribution is 5.69. The molecule has 4 unspecified atom stereocenters. The minimum atomic E-state index is -0.974. The van der Waals surface area contributed by atoms with Crippen molar-refractivity contribution in [3.05, 3.63) is 12.2 Å². The van der Waals surface area contributed by atoms with E-state index >= 15 is 0 Å². The van der Waals surface area contributed by atoms with Crippen LogP contribution in [0.25, 0.3) is 0 Å². The molecular formula is C16H28O5. The van der Waals surface area contributed by atoms with Crippen LogP contribution < -0.4 is 0 Å². The second-order valence-electron chi connectivity index (χ2n) is 5.71. The molecule has 0 amide bonds. The number of esters is 1. The molecule has 5 heteroatoms. The highest BCUT2D eigenvalue weighted by Gasteiger charge is 2.24. The van der Waals surface area contributed by atoms with E-state index in [1.807, 2.05) is 0 Å². The van der Waals surface area contributed by atoms with Crippen molar-refractivity contribution < 1.29 is 24.9 Å². The van der Waals surface area contributed by atoms with E-state index in [2.05, 4.69) is 6.92 Å². The Kier molecular flexibility index (Phi) is 8.57. The van der Waals surface area contributed by atoms with Crippen molar-refractivity contribution >= 4 is 5.97 Å². The van der Waals surface area contributed by atoms with Gasteiger partial charge in [-0.05, 0) is 12.8 Å². The van der Waals surface area contributed by atoms with E-state index in [-0.39, 0.29) is 12.8 Å². The molecule has 0 aliphatic carbocycles. The summed E-state index contributed by atoms with van der Waals surface area (Å²) in [5, 5.41) is 29.4. The van der Waals surface area contributed by atoms with Gasteiger partial charge in [0.2, 0.25) is 0 Å². The maximum absolute atomic E-state index is 11.7. The number of hydrogen-bond donors (Lipinski definition) is 3. The minimum Gasteiger partial charge on any atom is -0.459 e. The van der Waals surface area contributed by atoms with Crippen molar-refractivity contribution in [3.63, 3.8) is 0 Å². The SMILES string of the molecule is CCCCCCC(O)C1C/C=C/C(O)C(O)CCC(=O)O1. The van der Waals surface area contributed by atoms with E-state index in [4.69, 9.17) is 4.74 Å². The van der Waals surface area contributed by atoms with E-state index in [0.717, 1.165) is 25.7 Å². The molecule has 0 saturated carbocycles. The summed E-state index contributed by atoms with van der Waals surface area (Å²) in [7, 11) is 0. The Balaban J connectivity index is 2.53. The zero-order valence-corrected chi connectivity index (χ0v) is 12.8. The summed E-state index contributed by atoms with van der Waals surface area (Å²) >= 11 is 0. The molecule has 1 rings (SSSR count). The van der Waals surface area contributed by atoms with Crippen molar-refractivity contribution in [1.29, 1.82) is 0 Å². The second kappa shape index (κ2) is 9.92. The van der Waals surface area contributed by atoms with Crippen LogP contribution in [-0.4, -0.2) is 45.7 Å². The summed E-state index contributed by atoms with van der Waals surface area (Å²) in [6.45, 7) is 2.13. The highest BCUT2D eigenvalue weighted by Crippen LogP contribution is 2.17. The summed E-state index contributed by atoms with van der Waals surface area (Å²) < 4.78 is 5.30. The number of carbonyl (C=O) groups is 1. The smallest absolute Gasteiger partial charge is 0.306 e. The van der Waals surface area contributed by atoms with Gasteiger partial charge in [-0.15, -0.1) is 0 Å². The quantitative estimate of drug-likeness (QED) is 0.395. The van der Waals surface area contributed by atoms with Gasteiger partial charge in [0, 0.05) is 12.8 Å². The van der Waals surface area contributed by atoms with Crippen LogP contribution in [0.1, 0.15) is 58.3 Å². The zero-order valence-electron chi connectivity index (χ0n) is 12.8. The van der Waals surface area contributed by atoms with Crippen LogP contribution in [0.4, 0.5) is 0 Å². The van der Waals surface area contributed by atoms with Gasteiger partial charge in [0.05, 0.1) is 18.3 Å². The van der Waals surface area contributed by atoms with E-state index in [1.54, 1.807) is 6.08 Å². The van der Waals surface area contributed by atoms with Gasteiger partial charge in [-0.1, -0.05) is 44.8 Å². The van der Waals surface area contributed by atoms with Crippen molar-refractivity contribution in [2.24, 2.45) is 0 Å². The molecular weight excluding hydrogens is 272 g/mol. The molecule has 0 aromatic rings. The Bertz CT molecular complexity index is 329. The van der Waals surface area contributed by atoms with Crippen LogP contribution in [0.3, 0.4) is 0 Å². The Morgan fingerprint density at radius 3 is 2.81 bits per heavy atom. The van der Waals surface area contributed by atoms with Crippen molar-refractivity contribution in [2.45, 2.75) is 82.7 Å². The fraction of sp³-hybridized carbons (Fsp3) is 0.812. The number of ether oxygens (including phenoxy) is 1. The summed E-state index contributed by atoms with van der Waals surface area (Å²) in [4.78, 5) is 11.7. The van der Waals surface area contributed by atoms with Crippen molar-refractivity contribution in [2.75, 3.05) is 0 Å². The van der Waals surface area contributed by atoms with Crippen LogP contribution in [0.2, 0.25) is 0 Å². The molecule has 0 radical (unpaired) electrons. The van der Waals surface area contributed by atoms with E-state index in [0.29, 0.717) is 12.8 Å². The standard InChI is InChI=1S/C16H28O5/c1-2-3-4-5-7-14(19)15-9-6-8-12(17)13(18)10-11-16(20)21-15/h6,8,12-15,17-19H,2-5,7,9-11H2,1H3/b8-6+. The Morgan fingerprint density at radius 1 is 1.33 bits per heavy atom. The number of hydrogen-bond acceptors (Lipinski definition) is 5.